The number of hydrogen-bond donors (Lipinski definition) is 1. The van der Waals surface area contributed by atoms with Gasteiger partial charge in [0.25, 0.3) is 0 Å². The molecule has 0 atom stereocenters. The van der Waals surface area contributed by atoms with Gasteiger partial charge in [-0.2, -0.15) is 0 Å². The highest BCUT2D eigenvalue weighted by atomic mass is 16.4. The van der Waals surface area contributed by atoms with E-state index in [1.165, 1.54) is 0 Å². The van der Waals surface area contributed by atoms with Gasteiger partial charge in [0.05, 0.1) is 0 Å². The van der Waals surface area contributed by atoms with Crippen LogP contribution >= 0.6 is 0 Å². The Morgan fingerprint density at radius 2 is 2.00 bits per heavy atom. The molecule has 3 nitrogen and oxygen atoms in total. The molecule has 1 rings (SSSR count). The third-order valence-electron chi connectivity index (χ3n) is 1.90. The third-order valence-corrected chi connectivity index (χ3v) is 1.90. The van der Waals surface area contributed by atoms with Crippen LogP contribution in [0.2, 0.25) is 0 Å². The first-order chi connectivity index (χ1) is 5.57. The van der Waals surface area contributed by atoms with Crippen molar-refractivity contribution >= 4 is 0 Å². The average molecular weight is 168 g/mol. The first kappa shape index (κ1) is 8.84. The predicted molar refractivity (Wildman–Crippen MR) is 45.5 cm³/mol. The lowest BCUT2D eigenvalue weighted by Crippen LogP contribution is -2.08. The molecule has 1 aromatic heterocycles. The van der Waals surface area contributed by atoms with Gasteiger partial charge in [-0.1, -0.05) is 6.92 Å². The smallest absolute Gasteiger partial charge is 0.229 e. The molecule has 0 bridgehead atoms. The Labute approximate surface area is 70.7 Å². The maximum atomic E-state index is 11.3. The van der Waals surface area contributed by atoms with E-state index >= 15 is 0 Å². The second-order valence-corrected chi connectivity index (χ2v) is 2.74. The minimum atomic E-state index is -0.324. The Bertz CT molecular complexity index is 350. The molecule has 0 aliphatic carbocycles. The van der Waals surface area contributed by atoms with Crippen molar-refractivity contribution in [3.63, 3.8) is 0 Å². The molecule has 0 saturated carbocycles. The molecule has 0 fully saturated rings. The molecule has 0 spiro atoms. The van der Waals surface area contributed by atoms with Gasteiger partial charge in [0.15, 0.2) is 0 Å². The van der Waals surface area contributed by atoms with Crippen molar-refractivity contribution in [2.24, 2.45) is 0 Å². The van der Waals surface area contributed by atoms with Crippen LogP contribution in [-0.2, 0) is 6.42 Å². The van der Waals surface area contributed by atoms with Gasteiger partial charge < -0.3 is 9.52 Å². The summed E-state index contributed by atoms with van der Waals surface area (Å²) in [4.78, 5) is 11.3. The van der Waals surface area contributed by atoms with Crippen molar-refractivity contribution in [3.8, 4) is 5.75 Å². The zero-order chi connectivity index (χ0) is 9.30. The van der Waals surface area contributed by atoms with Crippen molar-refractivity contribution in [2.45, 2.75) is 27.2 Å². The van der Waals surface area contributed by atoms with Gasteiger partial charge in [0, 0.05) is 12.0 Å². The van der Waals surface area contributed by atoms with Crippen molar-refractivity contribution in [1.29, 1.82) is 0 Å². The summed E-state index contributed by atoms with van der Waals surface area (Å²) in [5, 5.41) is 9.20. The van der Waals surface area contributed by atoms with E-state index in [2.05, 4.69) is 0 Å². The fourth-order valence-electron chi connectivity index (χ4n) is 1.11. The van der Waals surface area contributed by atoms with E-state index in [9.17, 15) is 9.90 Å². The lowest BCUT2D eigenvalue weighted by molar-refractivity contribution is 0.392. The Morgan fingerprint density at radius 3 is 2.50 bits per heavy atom. The number of aromatic hydroxyl groups is 1. The second-order valence-electron chi connectivity index (χ2n) is 2.74. The second kappa shape index (κ2) is 3.01. The predicted octanol–water partition coefficient (Wildman–Crippen LogP) is 1.52. The van der Waals surface area contributed by atoms with Gasteiger partial charge in [-0.3, -0.25) is 4.79 Å². The topological polar surface area (TPSA) is 50.4 Å². The maximum absolute atomic E-state index is 11.3. The van der Waals surface area contributed by atoms with Crippen LogP contribution in [0.3, 0.4) is 0 Å². The standard InChI is InChI=1S/C9H12O3/c1-4-7-5(2)8(10)9(11)6(3)12-7/h11H,4H2,1-3H3. The summed E-state index contributed by atoms with van der Waals surface area (Å²) in [7, 11) is 0. The van der Waals surface area contributed by atoms with Gasteiger partial charge in [0.2, 0.25) is 11.2 Å². The summed E-state index contributed by atoms with van der Waals surface area (Å²) in [5.74, 6) is 0.669. The Morgan fingerprint density at radius 1 is 1.42 bits per heavy atom. The lowest BCUT2D eigenvalue weighted by Gasteiger charge is -2.03. The summed E-state index contributed by atoms with van der Waals surface area (Å²) in [6.07, 6.45) is 0.669. The molecule has 1 heterocycles. The maximum Gasteiger partial charge on any atom is 0.229 e. The minimum Gasteiger partial charge on any atom is -0.502 e. The Hall–Kier alpha value is -1.25. The number of hydrogen-bond acceptors (Lipinski definition) is 3. The number of aryl methyl sites for hydroxylation is 2. The Balaban J connectivity index is 3.50. The average Bonchev–Trinajstić information content (AvgIpc) is 2.08. The lowest BCUT2D eigenvalue weighted by atomic mass is 10.2. The normalized spacial score (nSPS) is 10.2. The monoisotopic (exact) mass is 168 g/mol. The van der Waals surface area contributed by atoms with Crippen LogP contribution in [-0.4, -0.2) is 5.11 Å². The van der Waals surface area contributed by atoms with Crippen LogP contribution < -0.4 is 5.43 Å². The molecule has 0 amide bonds. The molecule has 0 aliphatic heterocycles. The molecular formula is C9H12O3. The summed E-state index contributed by atoms with van der Waals surface area (Å²) < 4.78 is 5.22. The van der Waals surface area contributed by atoms with Crippen LogP contribution in [0.4, 0.5) is 0 Å². The van der Waals surface area contributed by atoms with E-state index in [0.29, 0.717) is 23.5 Å². The number of rotatable bonds is 1. The van der Waals surface area contributed by atoms with Crippen LogP contribution in [0.5, 0.6) is 5.75 Å². The zero-order valence-electron chi connectivity index (χ0n) is 7.47. The summed E-state index contributed by atoms with van der Waals surface area (Å²) in [6, 6.07) is 0. The fraction of sp³-hybridized carbons (Fsp3) is 0.444. The van der Waals surface area contributed by atoms with E-state index in [0.717, 1.165) is 0 Å². The fourth-order valence-corrected chi connectivity index (χ4v) is 1.11. The van der Waals surface area contributed by atoms with Gasteiger partial charge in [0.1, 0.15) is 11.5 Å². The highest BCUT2D eigenvalue weighted by Gasteiger charge is 2.10. The van der Waals surface area contributed by atoms with Crippen molar-refractivity contribution in [2.75, 3.05) is 0 Å². The SMILES string of the molecule is CCc1oc(C)c(O)c(=O)c1C. The van der Waals surface area contributed by atoms with E-state index in [-0.39, 0.29) is 11.2 Å². The van der Waals surface area contributed by atoms with E-state index in [1.54, 1.807) is 13.8 Å². The summed E-state index contributed by atoms with van der Waals surface area (Å²) in [6.45, 7) is 5.14. The molecule has 0 aromatic carbocycles. The molecule has 0 saturated heterocycles. The molecule has 0 aliphatic rings. The van der Waals surface area contributed by atoms with Gasteiger partial charge in [-0.05, 0) is 13.8 Å². The molecule has 1 N–H and O–H groups in total. The first-order valence-corrected chi connectivity index (χ1v) is 3.90. The zero-order valence-corrected chi connectivity index (χ0v) is 7.47. The van der Waals surface area contributed by atoms with E-state index in [1.807, 2.05) is 6.92 Å². The van der Waals surface area contributed by atoms with Crippen LogP contribution in [0, 0.1) is 13.8 Å². The summed E-state index contributed by atoms with van der Waals surface area (Å²) in [5.41, 5.74) is 0.177. The van der Waals surface area contributed by atoms with Crippen molar-refractivity contribution in [3.05, 3.63) is 27.3 Å². The summed E-state index contributed by atoms with van der Waals surface area (Å²) >= 11 is 0. The molecule has 12 heavy (non-hydrogen) atoms. The molecule has 1 aromatic rings. The highest BCUT2D eigenvalue weighted by molar-refractivity contribution is 5.30. The third kappa shape index (κ3) is 1.22. The Kier molecular flexibility index (Phi) is 2.22. The first-order valence-electron chi connectivity index (χ1n) is 3.90. The van der Waals surface area contributed by atoms with Gasteiger partial charge in [-0.25, -0.2) is 0 Å². The highest BCUT2D eigenvalue weighted by Crippen LogP contribution is 2.15. The molecule has 0 radical (unpaired) electrons. The van der Waals surface area contributed by atoms with Crippen molar-refractivity contribution in [1.82, 2.24) is 0 Å². The van der Waals surface area contributed by atoms with E-state index < -0.39 is 0 Å². The van der Waals surface area contributed by atoms with Gasteiger partial charge in [-0.15, -0.1) is 0 Å². The van der Waals surface area contributed by atoms with Crippen molar-refractivity contribution < 1.29 is 9.52 Å². The quantitative estimate of drug-likeness (QED) is 0.691. The molecule has 66 valence electrons. The van der Waals surface area contributed by atoms with Crippen LogP contribution in [0.25, 0.3) is 0 Å². The molecule has 3 heteroatoms. The minimum absolute atomic E-state index is 0.273. The van der Waals surface area contributed by atoms with Gasteiger partial charge >= 0.3 is 0 Å². The van der Waals surface area contributed by atoms with Crippen LogP contribution in [0.1, 0.15) is 24.0 Å². The van der Waals surface area contributed by atoms with E-state index in [4.69, 9.17) is 4.42 Å². The molecule has 0 unspecified atom stereocenters. The largest absolute Gasteiger partial charge is 0.502 e. The molecular weight excluding hydrogens is 156 g/mol. The van der Waals surface area contributed by atoms with Crippen LogP contribution in [0.15, 0.2) is 9.21 Å².